The maximum absolute atomic E-state index is 10.7. The molecule has 0 saturated carbocycles. The zero-order valence-corrected chi connectivity index (χ0v) is 8.28. The van der Waals surface area contributed by atoms with E-state index in [9.17, 15) is 4.21 Å². The molecule has 2 nitrogen and oxygen atoms in total. The van der Waals surface area contributed by atoms with E-state index in [0.717, 1.165) is 10.0 Å². The summed E-state index contributed by atoms with van der Waals surface area (Å²) < 4.78 is 20.3. The summed E-state index contributed by atoms with van der Waals surface area (Å²) >= 11 is 1.34. The first kappa shape index (κ1) is 8.90. The van der Waals surface area contributed by atoms with Gasteiger partial charge in [-0.15, -0.1) is 0 Å². The van der Waals surface area contributed by atoms with E-state index in [1.165, 1.54) is 0 Å². The Hall–Kier alpha value is -0.190. The van der Waals surface area contributed by atoms with E-state index in [2.05, 4.69) is 15.9 Å². The predicted octanol–water partition coefficient (Wildman–Crippen LogP) is 2.34. The lowest BCUT2D eigenvalue weighted by molar-refractivity contribution is 0.563. The van der Waals surface area contributed by atoms with E-state index in [1.54, 1.807) is 19.1 Å². The fraction of sp³-hybridized carbons (Fsp3) is 0.143. The molecular weight excluding hydrogens is 228 g/mol. The minimum atomic E-state index is -1.88. The zero-order chi connectivity index (χ0) is 8.43. The van der Waals surface area contributed by atoms with Crippen molar-refractivity contribution in [3.63, 3.8) is 0 Å². The molecule has 60 valence electrons. The van der Waals surface area contributed by atoms with Crippen LogP contribution in [0.15, 0.2) is 27.6 Å². The van der Waals surface area contributed by atoms with Gasteiger partial charge in [-0.25, -0.2) is 4.21 Å². The fourth-order valence-electron chi connectivity index (χ4n) is 0.762. The molecule has 0 heterocycles. The van der Waals surface area contributed by atoms with Gasteiger partial charge in [0.15, 0.2) is 11.1 Å². The lowest BCUT2D eigenvalue weighted by Gasteiger charge is -1.99. The van der Waals surface area contributed by atoms with Gasteiger partial charge >= 0.3 is 0 Å². The number of rotatable bonds is 1. The number of benzene rings is 1. The second-order valence-corrected chi connectivity index (χ2v) is 4.01. The highest BCUT2D eigenvalue weighted by molar-refractivity contribution is 9.10. The van der Waals surface area contributed by atoms with Crippen LogP contribution in [0.2, 0.25) is 0 Å². The predicted molar refractivity (Wildman–Crippen MR) is 47.9 cm³/mol. The van der Waals surface area contributed by atoms with Crippen LogP contribution in [0.1, 0.15) is 5.56 Å². The molecule has 0 bridgehead atoms. The third-order valence-electron chi connectivity index (χ3n) is 1.34. The molecule has 0 aliphatic rings. The Morgan fingerprint density at radius 2 is 2.18 bits per heavy atom. The van der Waals surface area contributed by atoms with Gasteiger partial charge in [0.25, 0.3) is 0 Å². The van der Waals surface area contributed by atoms with Crippen LogP contribution in [0.5, 0.6) is 0 Å². The second-order valence-electron chi connectivity index (χ2n) is 2.16. The van der Waals surface area contributed by atoms with Crippen molar-refractivity contribution in [1.82, 2.24) is 0 Å². The second kappa shape index (κ2) is 3.47. The lowest BCUT2D eigenvalue weighted by atomic mass is 10.2. The van der Waals surface area contributed by atoms with Gasteiger partial charge in [-0.3, -0.25) is 0 Å². The third-order valence-corrected chi connectivity index (χ3v) is 2.65. The van der Waals surface area contributed by atoms with E-state index in [-0.39, 0.29) is 0 Å². The summed E-state index contributed by atoms with van der Waals surface area (Å²) in [5, 5.41) is 0. The van der Waals surface area contributed by atoms with Crippen molar-refractivity contribution < 1.29 is 8.76 Å². The summed E-state index contributed by atoms with van der Waals surface area (Å²) in [5.74, 6) is 0. The van der Waals surface area contributed by atoms with Crippen molar-refractivity contribution in [3.8, 4) is 0 Å². The molecule has 0 fully saturated rings. The molecule has 0 amide bonds. The number of aryl methyl sites for hydroxylation is 1. The fourth-order valence-corrected chi connectivity index (χ4v) is 1.85. The van der Waals surface area contributed by atoms with Gasteiger partial charge in [0.1, 0.15) is 0 Å². The Balaban J connectivity index is 3.23. The Kier molecular flexibility index (Phi) is 2.81. The molecule has 1 atom stereocenters. The highest BCUT2D eigenvalue weighted by Gasteiger charge is 2.03. The summed E-state index contributed by atoms with van der Waals surface area (Å²) in [4.78, 5) is 0.458. The average Bonchev–Trinajstić information content (AvgIpc) is 1.94. The van der Waals surface area contributed by atoms with Gasteiger partial charge in [-0.1, -0.05) is 22.0 Å². The van der Waals surface area contributed by atoms with Crippen LogP contribution in [0.25, 0.3) is 0 Å². The molecule has 1 rings (SSSR count). The average molecular weight is 235 g/mol. The highest BCUT2D eigenvalue weighted by atomic mass is 79.9. The normalized spacial score (nSPS) is 13.0. The molecule has 0 aliphatic heterocycles. The molecule has 0 spiro atoms. The van der Waals surface area contributed by atoms with Crippen LogP contribution in [-0.4, -0.2) is 8.76 Å². The molecule has 0 aromatic heterocycles. The van der Waals surface area contributed by atoms with Crippen molar-refractivity contribution in [2.75, 3.05) is 0 Å². The Labute approximate surface area is 76.0 Å². The molecule has 1 N–H and O–H groups in total. The van der Waals surface area contributed by atoms with E-state index in [4.69, 9.17) is 4.55 Å². The van der Waals surface area contributed by atoms with Crippen LogP contribution in [0, 0.1) is 6.92 Å². The van der Waals surface area contributed by atoms with Gasteiger partial charge < -0.3 is 4.55 Å². The Morgan fingerprint density at radius 3 is 2.64 bits per heavy atom. The molecule has 1 aromatic rings. The third kappa shape index (κ3) is 2.12. The summed E-state index contributed by atoms with van der Waals surface area (Å²) in [6.07, 6.45) is 0. The van der Waals surface area contributed by atoms with Gasteiger partial charge in [0.05, 0.1) is 4.90 Å². The standard InChI is InChI=1S/C7H7BrO2S/c1-5-2-3-6(8)4-7(5)11(9)10/h2-4H,1H3,(H,9,10). The molecule has 4 heteroatoms. The molecule has 1 unspecified atom stereocenters. The van der Waals surface area contributed by atoms with E-state index in [0.29, 0.717) is 4.90 Å². The van der Waals surface area contributed by atoms with Crippen molar-refractivity contribution in [2.45, 2.75) is 11.8 Å². The lowest BCUT2D eigenvalue weighted by Crippen LogP contribution is -1.91. The van der Waals surface area contributed by atoms with Crippen molar-refractivity contribution in [1.29, 1.82) is 0 Å². The van der Waals surface area contributed by atoms with Crippen molar-refractivity contribution in [2.24, 2.45) is 0 Å². The van der Waals surface area contributed by atoms with Crippen molar-refractivity contribution >= 4 is 27.0 Å². The van der Waals surface area contributed by atoms with E-state index < -0.39 is 11.1 Å². The summed E-state index contributed by atoms with van der Waals surface area (Å²) in [7, 11) is 0. The first-order valence-corrected chi connectivity index (χ1v) is 4.88. The van der Waals surface area contributed by atoms with E-state index >= 15 is 0 Å². The smallest absolute Gasteiger partial charge is 0.186 e. The zero-order valence-electron chi connectivity index (χ0n) is 5.87. The van der Waals surface area contributed by atoms with Gasteiger partial charge in [-0.2, -0.15) is 0 Å². The number of hydrogen-bond acceptors (Lipinski definition) is 1. The van der Waals surface area contributed by atoms with Crippen LogP contribution in [0.3, 0.4) is 0 Å². The molecule has 0 radical (unpaired) electrons. The van der Waals surface area contributed by atoms with Crippen LogP contribution >= 0.6 is 15.9 Å². The SMILES string of the molecule is Cc1ccc(Br)cc1S(=O)O. The maximum Gasteiger partial charge on any atom is 0.186 e. The monoisotopic (exact) mass is 234 g/mol. The largest absolute Gasteiger partial charge is 0.302 e. The molecule has 0 saturated heterocycles. The van der Waals surface area contributed by atoms with E-state index in [1.807, 2.05) is 6.07 Å². The topological polar surface area (TPSA) is 37.3 Å². The van der Waals surface area contributed by atoms with Gasteiger partial charge in [0.2, 0.25) is 0 Å². The van der Waals surface area contributed by atoms with Crippen LogP contribution in [-0.2, 0) is 11.1 Å². The Bertz CT molecular complexity index is 298. The quantitative estimate of drug-likeness (QED) is 0.758. The number of halogens is 1. The van der Waals surface area contributed by atoms with Gasteiger partial charge in [0, 0.05) is 4.47 Å². The van der Waals surface area contributed by atoms with Crippen molar-refractivity contribution in [3.05, 3.63) is 28.2 Å². The molecular formula is C7H7BrO2S. The summed E-state index contributed by atoms with van der Waals surface area (Å²) in [6, 6.07) is 5.28. The summed E-state index contributed by atoms with van der Waals surface area (Å²) in [6.45, 7) is 1.80. The number of hydrogen-bond donors (Lipinski definition) is 1. The minimum Gasteiger partial charge on any atom is -0.302 e. The van der Waals surface area contributed by atoms with Crippen LogP contribution < -0.4 is 0 Å². The maximum atomic E-state index is 10.7. The first-order valence-electron chi connectivity index (χ1n) is 2.98. The molecule has 11 heavy (non-hydrogen) atoms. The molecule has 0 aliphatic carbocycles. The highest BCUT2D eigenvalue weighted by Crippen LogP contribution is 2.17. The van der Waals surface area contributed by atoms with Gasteiger partial charge in [-0.05, 0) is 24.6 Å². The summed E-state index contributed by atoms with van der Waals surface area (Å²) in [5.41, 5.74) is 0.828. The molecule has 1 aromatic carbocycles. The minimum absolute atomic E-state index is 0.458. The first-order chi connectivity index (χ1) is 5.11. The van der Waals surface area contributed by atoms with Crippen LogP contribution in [0.4, 0.5) is 0 Å². The Morgan fingerprint density at radius 1 is 1.55 bits per heavy atom.